The highest BCUT2D eigenvalue weighted by molar-refractivity contribution is 6.31. The molecule has 0 radical (unpaired) electrons. The van der Waals surface area contributed by atoms with Gasteiger partial charge in [0.15, 0.2) is 5.70 Å². The van der Waals surface area contributed by atoms with Crippen molar-refractivity contribution in [1.82, 2.24) is 0 Å². The molecule has 3 rings (SSSR count). The zero-order chi connectivity index (χ0) is 16.4. The van der Waals surface area contributed by atoms with Gasteiger partial charge in [0.1, 0.15) is 5.75 Å². The van der Waals surface area contributed by atoms with Crippen molar-refractivity contribution in [2.24, 2.45) is 4.99 Å². The summed E-state index contributed by atoms with van der Waals surface area (Å²) in [5, 5.41) is 0.555. The third kappa shape index (κ3) is 3.27. The van der Waals surface area contributed by atoms with Crippen LogP contribution in [0.4, 0.5) is 0 Å². The number of methoxy groups -OCH3 is 1. The summed E-state index contributed by atoms with van der Waals surface area (Å²) in [5.41, 5.74) is 2.72. The number of rotatable bonds is 3. The SMILES string of the molecule is COc1ccc(C)cc1/C=C1/N=C(c2cccc(Cl)c2)OC1=O. The minimum atomic E-state index is -0.497. The van der Waals surface area contributed by atoms with E-state index in [2.05, 4.69) is 4.99 Å². The zero-order valence-corrected chi connectivity index (χ0v) is 13.4. The number of benzene rings is 2. The van der Waals surface area contributed by atoms with Gasteiger partial charge in [-0.25, -0.2) is 9.79 Å². The Morgan fingerprint density at radius 3 is 2.78 bits per heavy atom. The van der Waals surface area contributed by atoms with Crippen molar-refractivity contribution in [2.75, 3.05) is 7.11 Å². The summed E-state index contributed by atoms with van der Waals surface area (Å²) in [5.74, 6) is 0.418. The molecule has 0 saturated heterocycles. The van der Waals surface area contributed by atoms with Gasteiger partial charge in [0, 0.05) is 16.1 Å². The molecular formula is C18H14ClNO3. The highest BCUT2D eigenvalue weighted by atomic mass is 35.5. The van der Waals surface area contributed by atoms with Crippen molar-refractivity contribution >= 4 is 29.5 Å². The van der Waals surface area contributed by atoms with Gasteiger partial charge in [0.2, 0.25) is 5.90 Å². The van der Waals surface area contributed by atoms with Gasteiger partial charge in [0.05, 0.1) is 7.11 Å². The van der Waals surface area contributed by atoms with Crippen molar-refractivity contribution in [3.63, 3.8) is 0 Å². The molecule has 0 saturated carbocycles. The average Bonchev–Trinajstić information content (AvgIpc) is 2.89. The van der Waals surface area contributed by atoms with E-state index in [1.54, 1.807) is 37.5 Å². The van der Waals surface area contributed by atoms with Gasteiger partial charge < -0.3 is 9.47 Å². The van der Waals surface area contributed by atoms with Crippen LogP contribution in [-0.4, -0.2) is 19.0 Å². The fourth-order valence-corrected chi connectivity index (χ4v) is 2.46. The third-order valence-corrected chi connectivity index (χ3v) is 3.60. The highest BCUT2D eigenvalue weighted by Gasteiger charge is 2.24. The molecule has 0 spiro atoms. The topological polar surface area (TPSA) is 47.9 Å². The number of esters is 1. The van der Waals surface area contributed by atoms with Crippen LogP contribution in [0.2, 0.25) is 5.02 Å². The Morgan fingerprint density at radius 2 is 2.04 bits per heavy atom. The minimum Gasteiger partial charge on any atom is -0.496 e. The number of hydrogen-bond donors (Lipinski definition) is 0. The maximum absolute atomic E-state index is 12.1. The van der Waals surface area contributed by atoms with E-state index in [9.17, 15) is 4.79 Å². The van der Waals surface area contributed by atoms with Gasteiger partial charge in [-0.1, -0.05) is 29.3 Å². The Balaban J connectivity index is 2.00. The Hall–Kier alpha value is -2.59. The second kappa shape index (κ2) is 6.26. The Bertz CT molecular complexity index is 840. The molecule has 0 fully saturated rings. The molecule has 1 aliphatic heterocycles. The smallest absolute Gasteiger partial charge is 0.363 e. The predicted molar refractivity (Wildman–Crippen MR) is 89.8 cm³/mol. The number of aliphatic imine (C=N–C) groups is 1. The lowest BCUT2D eigenvalue weighted by Gasteiger charge is -2.05. The van der Waals surface area contributed by atoms with Crippen LogP contribution in [0, 0.1) is 6.92 Å². The first-order valence-electron chi connectivity index (χ1n) is 7.00. The summed E-state index contributed by atoms with van der Waals surface area (Å²) < 4.78 is 10.5. The fourth-order valence-electron chi connectivity index (χ4n) is 2.27. The van der Waals surface area contributed by atoms with E-state index in [0.29, 0.717) is 16.3 Å². The Morgan fingerprint density at radius 1 is 1.22 bits per heavy atom. The number of carbonyl (C=O) groups excluding carboxylic acids is 1. The number of nitrogens with zero attached hydrogens (tertiary/aromatic N) is 1. The second-order valence-corrected chi connectivity index (χ2v) is 5.53. The lowest BCUT2D eigenvalue weighted by molar-refractivity contribution is -0.129. The molecule has 0 N–H and O–H groups in total. The van der Waals surface area contributed by atoms with Crippen molar-refractivity contribution in [1.29, 1.82) is 0 Å². The molecular weight excluding hydrogens is 314 g/mol. The van der Waals surface area contributed by atoms with Gasteiger partial charge in [-0.05, 0) is 43.3 Å². The summed E-state index contributed by atoms with van der Waals surface area (Å²) in [6.45, 7) is 1.97. The van der Waals surface area contributed by atoms with E-state index < -0.39 is 5.97 Å². The van der Waals surface area contributed by atoms with Crippen LogP contribution in [0.3, 0.4) is 0 Å². The molecule has 0 atom stereocenters. The van der Waals surface area contributed by atoms with Crippen LogP contribution < -0.4 is 4.74 Å². The first-order chi connectivity index (χ1) is 11.1. The molecule has 4 nitrogen and oxygen atoms in total. The minimum absolute atomic E-state index is 0.226. The summed E-state index contributed by atoms with van der Waals surface area (Å²) in [4.78, 5) is 16.3. The quantitative estimate of drug-likeness (QED) is 0.632. The molecule has 5 heteroatoms. The standard InChI is InChI=1S/C18H14ClNO3/c1-11-6-7-16(22-2)13(8-11)10-15-18(21)23-17(20-15)12-4-3-5-14(19)9-12/h3-10H,1-2H3/b15-10+. The van der Waals surface area contributed by atoms with Crippen molar-refractivity contribution in [3.8, 4) is 5.75 Å². The summed E-state index contributed by atoms with van der Waals surface area (Å²) in [6, 6.07) is 12.7. The molecule has 0 amide bonds. The lowest BCUT2D eigenvalue weighted by Crippen LogP contribution is -2.05. The molecule has 0 aliphatic carbocycles. The van der Waals surface area contributed by atoms with Gasteiger partial charge in [-0.15, -0.1) is 0 Å². The zero-order valence-electron chi connectivity index (χ0n) is 12.7. The molecule has 0 unspecified atom stereocenters. The normalized spacial score (nSPS) is 15.5. The van der Waals surface area contributed by atoms with Crippen LogP contribution in [0.25, 0.3) is 6.08 Å². The highest BCUT2D eigenvalue weighted by Crippen LogP contribution is 2.26. The van der Waals surface area contributed by atoms with Crippen molar-refractivity contribution in [2.45, 2.75) is 6.92 Å². The fraction of sp³-hybridized carbons (Fsp3) is 0.111. The van der Waals surface area contributed by atoms with E-state index in [4.69, 9.17) is 21.1 Å². The summed E-state index contributed by atoms with van der Waals surface area (Å²) in [7, 11) is 1.58. The molecule has 116 valence electrons. The number of cyclic esters (lactones) is 1. The number of ether oxygens (including phenoxy) is 2. The first kappa shape index (κ1) is 15.3. The molecule has 1 aliphatic rings. The largest absolute Gasteiger partial charge is 0.496 e. The third-order valence-electron chi connectivity index (χ3n) is 3.37. The van der Waals surface area contributed by atoms with E-state index in [-0.39, 0.29) is 11.6 Å². The van der Waals surface area contributed by atoms with Gasteiger partial charge in [-0.3, -0.25) is 0 Å². The van der Waals surface area contributed by atoms with Gasteiger partial charge >= 0.3 is 5.97 Å². The maximum atomic E-state index is 12.1. The molecule has 0 bridgehead atoms. The predicted octanol–water partition coefficient (Wildman–Crippen LogP) is 4.00. The maximum Gasteiger partial charge on any atom is 0.363 e. The van der Waals surface area contributed by atoms with Crippen molar-refractivity contribution < 1.29 is 14.3 Å². The van der Waals surface area contributed by atoms with Gasteiger partial charge in [-0.2, -0.15) is 0 Å². The van der Waals surface area contributed by atoms with Crippen LogP contribution in [-0.2, 0) is 9.53 Å². The van der Waals surface area contributed by atoms with Crippen LogP contribution >= 0.6 is 11.6 Å². The van der Waals surface area contributed by atoms with Crippen LogP contribution in [0.5, 0.6) is 5.75 Å². The van der Waals surface area contributed by atoms with E-state index in [1.807, 2.05) is 25.1 Å². The van der Waals surface area contributed by atoms with E-state index >= 15 is 0 Å². The Labute approximate surface area is 139 Å². The molecule has 0 aromatic heterocycles. The first-order valence-corrected chi connectivity index (χ1v) is 7.38. The van der Waals surface area contributed by atoms with E-state index in [1.165, 1.54) is 0 Å². The number of halogens is 1. The summed E-state index contributed by atoms with van der Waals surface area (Å²) >= 11 is 5.96. The molecule has 1 heterocycles. The van der Waals surface area contributed by atoms with Crippen LogP contribution in [0.15, 0.2) is 53.2 Å². The molecule has 2 aromatic carbocycles. The lowest BCUT2D eigenvalue weighted by atomic mass is 10.1. The Kier molecular flexibility index (Phi) is 4.17. The molecule has 2 aromatic rings. The average molecular weight is 328 g/mol. The van der Waals surface area contributed by atoms with Gasteiger partial charge in [0.25, 0.3) is 0 Å². The summed E-state index contributed by atoms with van der Waals surface area (Å²) in [6.07, 6.45) is 1.66. The van der Waals surface area contributed by atoms with Crippen LogP contribution in [0.1, 0.15) is 16.7 Å². The molecule has 23 heavy (non-hydrogen) atoms. The van der Waals surface area contributed by atoms with E-state index in [0.717, 1.165) is 11.1 Å². The number of carbonyl (C=O) groups is 1. The number of aryl methyl sites for hydroxylation is 1. The number of hydrogen-bond acceptors (Lipinski definition) is 4. The van der Waals surface area contributed by atoms with Crippen molar-refractivity contribution in [3.05, 3.63) is 69.9 Å². The second-order valence-electron chi connectivity index (χ2n) is 5.09. The monoisotopic (exact) mass is 327 g/mol.